The average Bonchev–Trinajstić information content (AvgIpc) is 3.60. The highest BCUT2D eigenvalue weighted by Crippen LogP contribution is 2.54. The van der Waals surface area contributed by atoms with Crippen molar-refractivity contribution < 1.29 is 14.0 Å². The van der Waals surface area contributed by atoms with E-state index in [0.29, 0.717) is 34.6 Å². The van der Waals surface area contributed by atoms with Gasteiger partial charge in [0.25, 0.3) is 11.8 Å². The molecule has 4 heterocycles. The summed E-state index contributed by atoms with van der Waals surface area (Å²) in [5, 5.41) is 10.1. The Balaban J connectivity index is 1.54. The molecule has 1 spiro atoms. The van der Waals surface area contributed by atoms with Crippen LogP contribution in [-0.2, 0) is 23.3 Å². The standard InChI is InChI=1S/C34H30N4O4S/c1-18(2)14-27-35-36-33(43-27)38-31(40)30-28(29(39)23-15-20(4)21(5)16-26(23)42-30)34(38)24-12-8-9-13-25(24)37(32(34)41)17-22-11-7-6-10-19(22)3/h6-13,15-16,18H,14,17H2,1-5H3. The van der Waals surface area contributed by atoms with E-state index in [1.54, 1.807) is 17.0 Å². The fourth-order valence-corrected chi connectivity index (χ4v) is 7.40. The van der Waals surface area contributed by atoms with Gasteiger partial charge in [-0.25, -0.2) is 0 Å². The number of amides is 2. The van der Waals surface area contributed by atoms with Crippen molar-refractivity contribution in [2.45, 2.75) is 53.1 Å². The Kier molecular flexibility index (Phi) is 6.14. The quantitative estimate of drug-likeness (QED) is 0.241. The van der Waals surface area contributed by atoms with Crippen LogP contribution < -0.4 is 15.2 Å². The minimum Gasteiger partial charge on any atom is -0.450 e. The molecule has 3 aromatic carbocycles. The number of hydrogen-bond acceptors (Lipinski definition) is 7. The topological polar surface area (TPSA) is 96.6 Å². The van der Waals surface area contributed by atoms with Crippen LogP contribution in [0.15, 0.2) is 69.9 Å². The van der Waals surface area contributed by atoms with Crippen molar-refractivity contribution in [3.63, 3.8) is 0 Å². The molecule has 8 nitrogen and oxygen atoms in total. The van der Waals surface area contributed by atoms with Crippen LogP contribution in [0.2, 0.25) is 0 Å². The van der Waals surface area contributed by atoms with E-state index in [-0.39, 0.29) is 23.0 Å². The summed E-state index contributed by atoms with van der Waals surface area (Å²) in [6.45, 7) is 10.3. The lowest BCUT2D eigenvalue weighted by molar-refractivity contribution is -0.121. The van der Waals surface area contributed by atoms with E-state index >= 15 is 4.79 Å². The van der Waals surface area contributed by atoms with Gasteiger partial charge in [-0.1, -0.05) is 67.6 Å². The third-order valence-corrected chi connectivity index (χ3v) is 9.49. The minimum atomic E-state index is -1.80. The van der Waals surface area contributed by atoms with Gasteiger partial charge in [0.05, 0.1) is 23.2 Å². The van der Waals surface area contributed by atoms with Crippen molar-refractivity contribution in [3.05, 3.63) is 115 Å². The lowest BCUT2D eigenvalue weighted by atomic mass is 9.84. The van der Waals surface area contributed by atoms with E-state index in [9.17, 15) is 9.59 Å². The minimum absolute atomic E-state index is 0.0265. The summed E-state index contributed by atoms with van der Waals surface area (Å²) in [5.41, 5.74) is 3.15. The second-order valence-corrected chi connectivity index (χ2v) is 12.9. The molecule has 0 fully saturated rings. The number of nitrogens with zero attached hydrogens (tertiary/aromatic N) is 4. The number of rotatable bonds is 5. The van der Waals surface area contributed by atoms with Crippen LogP contribution in [0, 0.1) is 26.7 Å². The second kappa shape index (κ2) is 9.70. The molecule has 1 unspecified atom stereocenters. The van der Waals surface area contributed by atoms with E-state index in [4.69, 9.17) is 4.42 Å². The predicted molar refractivity (Wildman–Crippen MR) is 167 cm³/mol. The molecule has 0 saturated carbocycles. The molecule has 0 saturated heterocycles. The van der Waals surface area contributed by atoms with Gasteiger partial charge in [-0.15, -0.1) is 10.2 Å². The van der Waals surface area contributed by atoms with Crippen LogP contribution in [0.1, 0.15) is 62.8 Å². The maximum atomic E-state index is 15.1. The maximum Gasteiger partial charge on any atom is 0.297 e. The molecule has 5 aromatic rings. The third-order valence-electron chi connectivity index (χ3n) is 8.56. The molecule has 0 N–H and O–H groups in total. The number of hydrogen-bond donors (Lipinski definition) is 0. The number of carbonyl (C=O) groups is 2. The number of benzene rings is 3. The summed E-state index contributed by atoms with van der Waals surface area (Å²) in [6.07, 6.45) is 0.670. The number of fused-ring (bicyclic) bond motifs is 5. The van der Waals surface area contributed by atoms with E-state index < -0.39 is 22.8 Å². The van der Waals surface area contributed by atoms with Gasteiger partial charge >= 0.3 is 0 Å². The molecular formula is C34H30N4O4S. The molecule has 0 bridgehead atoms. The largest absolute Gasteiger partial charge is 0.450 e. The molecule has 7 rings (SSSR count). The van der Waals surface area contributed by atoms with Crippen LogP contribution >= 0.6 is 11.3 Å². The zero-order valence-electron chi connectivity index (χ0n) is 24.6. The molecule has 0 radical (unpaired) electrons. The van der Waals surface area contributed by atoms with Crippen LogP contribution in [0.4, 0.5) is 10.8 Å². The van der Waals surface area contributed by atoms with Crippen molar-refractivity contribution in [3.8, 4) is 0 Å². The summed E-state index contributed by atoms with van der Waals surface area (Å²) in [7, 11) is 0. The molecule has 2 amide bonds. The Morgan fingerprint density at radius 2 is 1.63 bits per heavy atom. The molecule has 0 aliphatic carbocycles. The third kappa shape index (κ3) is 3.84. The van der Waals surface area contributed by atoms with E-state index in [2.05, 4.69) is 24.0 Å². The van der Waals surface area contributed by atoms with Crippen LogP contribution in [0.25, 0.3) is 11.0 Å². The summed E-state index contributed by atoms with van der Waals surface area (Å²) < 4.78 is 6.27. The Morgan fingerprint density at radius 1 is 0.907 bits per heavy atom. The lowest BCUT2D eigenvalue weighted by Crippen LogP contribution is -2.53. The van der Waals surface area contributed by atoms with Crippen molar-refractivity contribution >= 4 is 44.9 Å². The first-order valence-corrected chi connectivity index (χ1v) is 15.2. The Hall–Kier alpha value is -4.63. The summed E-state index contributed by atoms with van der Waals surface area (Å²) in [5.74, 6) is -0.803. The molecule has 1 atom stereocenters. The van der Waals surface area contributed by atoms with Gasteiger partial charge in [-0.2, -0.15) is 0 Å². The number of para-hydroxylation sites is 1. The fraction of sp³-hybridized carbons (Fsp3) is 0.265. The normalized spacial score (nSPS) is 17.5. The van der Waals surface area contributed by atoms with Gasteiger partial charge in [-0.05, 0) is 67.1 Å². The van der Waals surface area contributed by atoms with Gasteiger partial charge < -0.3 is 9.32 Å². The predicted octanol–water partition coefficient (Wildman–Crippen LogP) is 6.22. The molecule has 2 aliphatic heterocycles. The van der Waals surface area contributed by atoms with E-state index in [1.807, 2.05) is 69.3 Å². The first kappa shape index (κ1) is 27.2. The Morgan fingerprint density at radius 3 is 2.40 bits per heavy atom. The highest BCUT2D eigenvalue weighted by atomic mass is 32.1. The number of carbonyl (C=O) groups excluding carboxylic acids is 2. The van der Waals surface area contributed by atoms with E-state index in [0.717, 1.165) is 27.3 Å². The van der Waals surface area contributed by atoms with E-state index in [1.165, 1.54) is 16.2 Å². The zero-order valence-corrected chi connectivity index (χ0v) is 25.4. The maximum absolute atomic E-state index is 15.1. The number of anilines is 2. The van der Waals surface area contributed by atoms with Crippen LogP contribution in [0.3, 0.4) is 0 Å². The Bertz CT molecular complexity index is 2040. The first-order valence-electron chi connectivity index (χ1n) is 14.3. The van der Waals surface area contributed by atoms with Crippen LogP contribution in [0.5, 0.6) is 0 Å². The molecular weight excluding hydrogens is 560 g/mol. The average molecular weight is 591 g/mol. The van der Waals surface area contributed by atoms with Gasteiger partial charge in [0.15, 0.2) is 11.0 Å². The zero-order chi connectivity index (χ0) is 30.2. The lowest BCUT2D eigenvalue weighted by Gasteiger charge is -2.32. The van der Waals surface area contributed by atoms with Gasteiger partial charge in [0, 0.05) is 12.0 Å². The molecule has 2 aromatic heterocycles. The summed E-state index contributed by atoms with van der Waals surface area (Å²) in [6, 6.07) is 18.8. The monoisotopic (exact) mass is 590 g/mol. The number of aryl methyl sites for hydroxylation is 3. The highest BCUT2D eigenvalue weighted by molar-refractivity contribution is 7.15. The second-order valence-electron chi connectivity index (χ2n) is 11.8. The van der Waals surface area contributed by atoms with Crippen molar-refractivity contribution in [1.82, 2.24) is 10.2 Å². The first-order chi connectivity index (χ1) is 20.6. The summed E-state index contributed by atoms with van der Waals surface area (Å²) in [4.78, 5) is 47.2. The van der Waals surface area contributed by atoms with Gasteiger partial charge in [-0.3, -0.25) is 19.3 Å². The molecule has 216 valence electrons. The fourth-order valence-electron chi connectivity index (χ4n) is 6.30. The van der Waals surface area contributed by atoms with Gasteiger partial charge in [0.2, 0.25) is 10.9 Å². The van der Waals surface area contributed by atoms with Crippen molar-refractivity contribution in [1.29, 1.82) is 0 Å². The van der Waals surface area contributed by atoms with Crippen molar-refractivity contribution in [2.24, 2.45) is 5.92 Å². The smallest absolute Gasteiger partial charge is 0.297 e. The number of aromatic nitrogens is 2. The van der Waals surface area contributed by atoms with Crippen molar-refractivity contribution in [2.75, 3.05) is 9.80 Å². The SMILES string of the molecule is Cc1cc2oc3c(c(=O)c2cc1C)C1(C(=O)N(Cc2ccccc2C)c2ccccc21)N(c1nnc(CC(C)C)s1)C3=O. The molecule has 9 heteroatoms. The molecule has 2 aliphatic rings. The van der Waals surface area contributed by atoms with Gasteiger partial charge in [0.1, 0.15) is 10.6 Å². The molecule has 43 heavy (non-hydrogen) atoms. The summed E-state index contributed by atoms with van der Waals surface area (Å²) >= 11 is 1.26. The highest BCUT2D eigenvalue weighted by Gasteiger charge is 2.66. The Labute approximate surface area is 252 Å². The van der Waals surface area contributed by atoms with Crippen LogP contribution in [-0.4, -0.2) is 22.0 Å².